The number of nitrogens with zero attached hydrogens (tertiary/aromatic N) is 2. The molecule has 0 bridgehead atoms. The van der Waals surface area contributed by atoms with Gasteiger partial charge in [-0.15, -0.1) is 0 Å². The molecule has 1 atom stereocenters. The predicted octanol–water partition coefficient (Wildman–Crippen LogP) is 1.76. The second-order valence-corrected chi connectivity index (χ2v) is 5.38. The van der Waals surface area contributed by atoms with Gasteiger partial charge in [0.1, 0.15) is 0 Å². The van der Waals surface area contributed by atoms with Gasteiger partial charge in [-0.1, -0.05) is 29.8 Å². The molecule has 1 amide bonds. The summed E-state index contributed by atoms with van der Waals surface area (Å²) in [7, 11) is 1.75. The van der Waals surface area contributed by atoms with Crippen molar-refractivity contribution in [2.45, 2.75) is 18.9 Å². The Labute approximate surface area is 121 Å². The molecule has 1 aromatic carbocycles. The van der Waals surface area contributed by atoms with E-state index in [9.17, 15) is 9.90 Å². The first kappa shape index (κ1) is 13.1. The van der Waals surface area contributed by atoms with Crippen LogP contribution in [-0.2, 0) is 23.9 Å². The lowest BCUT2D eigenvalue weighted by atomic mass is 9.90. The van der Waals surface area contributed by atoms with Gasteiger partial charge in [-0.2, -0.15) is 5.10 Å². The van der Waals surface area contributed by atoms with E-state index in [0.29, 0.717) is 27.7 Å². The van der Waals surface area contributed by atoms with E-state index in [1.165, 1.54) is 0 Å². The number of amides is 1. The predicted molar refractivity (Wildman–Crippen MR) is 75.6 cm³/mol. The smallest absolute Gasteiger partial charge is 0.261 e. The number of aliphatic hydroxyl groups is 1. The topological polar surface area (TPSA) is 67.1 Å². The van der Waals surface area contributed by atoms with E-state index in [1.54, 1.807) is 36.9 Å². The van der Waals surface area contributed by atoms with Crippen LogP contribution in [0.5, 0.6) is 0 Å². The van der Waals surface area contributed by atoms with Crippen LogP contribution in [0.2, 0.25) is 5.02 Å². The van der Waals surface area contributed by atoms with Crippen molar-refractivity contribution in [1.29, 1.82) is 0 Å². The average molecular weight is 292 g/mol. The molecule has 0 fully saturated rings. The number of hydrogen-bond donors (Lipinski definition) is 2. The maximum Gasteiger partial charge on any atom is 0.261 e. The Morgan fingerprint density at radius 1 is 1.45 bits per heavy atom. The Morgan fingerprint density at radius 3 is 2.80 bits per heavy atom. The zero-order valence-corrected chi connectivity index (χ0v) is 11.9. The highest BCUT2D eigenvalue weighted by Gasteiger charge is 2.46. The molecule has 1 aliphatic rings. The van der Waals surface area contributed by atoms with Gasteiger partial charge in [-0.25, -0.2) is 0 Å². The van der Waals surface area contributed by atoms with Gasteiger partial charge in [0, 0.05) is 24.7 Å². The maximum atomic E-state index is 12.2. The van der Waals surface area contributed by atoms with Crippen LogP contribution in [-0.4, -0.2) is 20.8 Å². The lowest BCUT2D eigenvalue weighted by Crippen LogP contribution is -2.37. The summed E-state index contributed by atoms with van der Waals surface area (Å²) in [6.07, 6.45) is 0.0893. The lowest BCUT2D eigenvalue weighted by molar-refractivity contribution is -0.133. The fourth-order valence-corrected chi connectivity index (χ4v) is 2.82. The third-order valence-electron chi connectivity index (χ3n) is 3.68. The number of carbonyl (C=O) groups excluding carboxylic acids is 1. The molecule has 0 radical (unpaired) electrons. The van der Waals surface area contributed by atoms with E-state index in [2.05, 4.69) is 10.4 Å². The van der Waals surface area contributed by atoms with Crippen LogP contribution in [0.3, 0.4) is 0 Å². The van der Waals surface area contributed by atoms with Gasteiger partial charge in [0.15, 0.2) is 5.60 Å². The molecule has 20 heavy (non-hydrogen) atoms. The minimum Gasteiger partial charge on any atom is -0.375 e. The van der Waals surface area contributed by atoms with Crippen molar-refractivity contribution in [1.82, 2.24) is 9.78 Å². The van der Waals surface area contributed by atoms with Crippen molar-refractivity contribution in [2.24, 2.45) is 7.05 Å². The number of para-hydroxylation sites is 1. The SMILES string of the molecule is Cc1nn(C)c(CC2(O)C(=O)Nc3ccccc32)c1Cl. The maximum absolute atomic E-state index is 12.2. The van der Waals surface area contributed by atoms with Crippen LogP contribution in [0.4, 0.5) is 5.69 Å². The second kappa shape index (κ2) is 4.33. The Hall–Kier alpha value is -1.85. The largest absolute Gasteiger partial charge is 0.375 e. The summed E-state index contributed by atoms with van der Waals surface area (Å²) < 4.78 is 1.60. The van der Waals surface area contributed by atoms with E-state index in [4.69, 9.17) is 11.6 Å². The molecule has 0 saturated carbocycles. The summed E-state index contributed by atoms with van der Waals surface area (Å²) in [5, 5.41) is 18.2. The van der Waals surface area contributed by atoms with Crippen LogP contribution in [0.1, 0.15) is 17.0 Å². The first-order chi connectivity index (χ1) is 9.43. The molecule has 3 rings (SSSR count). The van der Waals surface area contributed by atoms with Crippen molar-refractivity contribution in [3.63, 3.8) is 0 Å². The molecule has 0 spiro atoms. The standard InChI is InChI=1S/C14H14ClN3O2/c1-8-12(15)11(18(2)17-8)7-14(20)9-5-3-4-6-10(9)16-13(14)19/h3-6,20H,7H2,1-2H3,(H,16,19). The normalized spacial score (nSPS) is 20.9. The molecule has 2 N–H and O–H groups in total. The molecule has 0 saturated heterocycles. The number of hydrogen-bond acceptors (Lipinski definition) is 3. The first-order valence-corrected chi connectivity index (χ1v) is 6.62. The van der Waals surface area contributed by atoms with Crippen LogP contribution in [0.25, 0.3) is 0 Å². The summed E-state index contributed by atoms with van der Waals surface area (Å²) >= 11 is 6.20. The van der Waals surface area contributed by atoms with Gasteiger partial charge in [0.25, 0.3) is 5.91 Å². The third kappa shape index (κ3) is 1.74. The minimum atomic E-state index is -1.61. The van der Waals surface area contributed by atoms with Crippen molar-refractivity contribution in [3.05, 3.63) is 46.2 Å². The summed E-state index contributed by atoms with van der Waals surface area (Å²) in [4.78, 5) is 12.2. The summed E-state index contributed by atoms with van der Waals surface area (Å²) in [5.74, 6) is -0.436. The average Bonchev–Trinajstić information content (AvgIpc) is 2.80. The van der Waals surface area contributed by atoms with E-state index in [0.717, 1.165) is 0 Å². The second-order valence-electron chi connectivity index (χ2n) is 5.01. The van der Waals surface area contributed by atoms with Crippen LogP contribution >= 0.6 is 11.6 Å². The van der Waals surface area contributed by atoms with Crippen molar-refractivity contribution in [2.75, 3.05) is 5.32 Å². The number of aryl methyl sites for hydroxylation is 2. The number of fused-ring (bicyclic) bond motifs is 1. The van der Waals surface area contributed by atoms with E-state index >= 15 is 0 Å². The highest BCUT2D eigenvalue weighted by atomic mass is 35.5. The molecule has 1 aliphatic heterocycles. The van der Waals surface area contributed by atoms with E-state index < -0.39 is 11.5 Å². The Morgan fingerprint density at radius 2 is 2.15 bits per heavy atom. The monoisotopic (exact) mass is 291 g/mol. The van der Waals surface area contributed by atoms with Crippen molar-refractivity contribution < 1.29 is 9.90 Å². The quantitative estimate of drug-likeness (QED) is 0.886. The lowest BCUT2D eigenvalue weighted by Gasteiger charge is -2.21. The highest BCUT2D eigenvalue weighted by Crippen LogP contribution is 2.39. The number of halogens is 1. The summed E-state index contributed by atoms with van der Waals surface area (Å²) in [6, 6.07) is 7.11. The third-order valence-corrected chi connectivity index (χ3v) is 4.17. The van der Waals surface area contributed by atoms with Gasteiger partial charge in [0.2, 0.25) is 0 Å². The molecule has 2 aromatic rings. The van der Waals surface area contributed by atoms with E-state index in [-0.39, 0.29) is 6.42 Å². The van der Waals surface area contributed by atoms with Crippen molar-refractivity contribution >= 4 is 23.2 Å². The molecule has 6 heteroatoms. The van der Waals surface area contributed by atoms with Crippen LogP contribution < -0.4 is 5.32 Å². The zero-order chi connectivity index (χ0) is 14.5. The van der Waals surface area contributed by atoms with Crippen LogP contribution in [0, 0.1) is 6.92 Å². The van der Waals surface area contributed by atoms with Gasteiger partial charge >= 0.3 is 0 Å². The molecule has 2 heterocycles. The number of anilines is 1. The molecule has 1 aromatic heterocycles. The van der Waals surface area contributed by atoms with Gasteiger partial charge in [0.05, 0.1) is 16.4 Å². The number of carbonyl (C=O) groups is 1. The molecular formula is C14H14ClN3O2. The molecular weight excluding hydrogens is 278 g/mol. The van der Waals surface area contributed by atoms with Gasteiger partial charge in [-0.3, -0.25) is 9.48 Å². The van der Waals surface area contributed by atoms with Crippen molar-refractivity contribution in [3.8, 4) is 0 Å². The number of rotatable bonds is 2. The fraction of sp³-hybridized carbons (Fsp3) is 0.286. The zero-order valence-electron chi connectivity index (χ0n) is 11.1. The number of benzene rings is 1. The number of nitrogens with one attached hydrogen (secondary N) is 1. The summed E-state index contributed by atoms with van der Waals surface area (Å²) in [6.45, 7) is 1.79. The highest BCUT2D eigenvalue weighted by molar-refractivity contribution is 6.31. The number of aromatic nitrogens is 2. The Bertz CT molecular complexity index is 710. The van der Waals surface area contributed by atoms with Gasteiger partial charge in [-0.05, 0) is 13.0 Å². The Balaban J connectivity index is 2.07. The van der Waals surface area contributed by atoms with Crippen LogP contribution in [0.15, 0.2) is 24.3 Å². The molecule has 5 nitrogen and oxygen atoms in total. The minimum absolute atomic E-state index is 0.0893. The molecule has 1 unspecified atom stereocenters. The Kier molecular flexibility index (Phi) is 2.84. The van der Waals surface area contributed by atoms with Gasteiger partial charge < -0.3 is 10.4 Å². The van der Waals surface area contributed by atoms with E-state index in [1.807, 2.05) is 6.07 Å². The summed E-state index contributed by atoms with van der Waals surface area (Å²) in [5.41, 5.74) is 0.911. The molecule has 0 aliphatic carbocycles. The molecule has 104 valence electrons. The fourth-order valence-electron chi connectivity index (χ4n) is 2.59. The first-order valence-electron chi connectivity index (χ1n) is 6.25.